The molecule has 0 spiro atoms. The van der Waals surface area contributed by atoms with E-state index in [-0.39, 0.29) is 18.1 Å². The molecule has 0 unspecified atom stereocenters. The van der Waals surface area contributed by atoms with Crippen LogP contribution in [0.3, 0.4) is 0 Å². The van der Waals surface area contributed by atoms with Gasteiger partial charge in [0.2, 0.25) is 0 Å². The number of aliphatic hydroxyl groups is 1. The highest BCUT2D eigenvalue weighted by molar-refractivity contribution is 7.17. The molecular formula is C43H64N6O5S. The van der Waals surface area contributed by atoms with Gasteiger partial charge < -0.3 is 25.0 Å². The van der Waals surface area contributed by atoms with E-state index in [1.54, 1.807) is 0 Å². The molecule has 5 rings (SSSR count). The maximum Gasteiger partial charge on any atom is 0.295 e. The molecule has 302 valence electrons. The van der Waals surface area contributed by atoms with Crippen LogP contribution in [0.2, 0.25) is 0 Å². The average molecular weight is 777 g/mol. The molecule has 1 aromatic carbocycles. The maximum atomic E-state index is 13.6. The van der Waals surface area contributed by atoms with Crippen LogP contribution < -0.4 is 10.1 Å². The second-order valence-electron chi connectivity index (χ2n) is 11.8. The fraction of sp³-hybridized carbons (Fsp3) is 0.488. The number of H-pyrrole nitrogens is 1. The number of benzene rings is 1. The molecule has 3 aromatic heterocycles. The van der Waals surface area contributed by atoms with Crippen molar-refractivity contribution in [3.8, 4) is 22.5 Å². The predicted octanol–water partition coefficient (Wildman–Crippen LogP) is 9.89. The van der Waals surface area contributed by atoms with Crippen molar-refractivity contribution in [1.82, 2.24) is 25.2 Å². The van der Waals surface area contributed by atoms with E-state index in [0.29, 0.717) is 70.2 Å². The van der Waals surface area contributed by atoms with Crippen LogP contribution in [0.4, 0.5) is 0 Å². The summed E-state index contributed by atoms with van der Waals surface area (Å²) in [5, 5.41) is 22.8. The summed E-state index contributed by atoms with van der Waals surface area (Å²) >= 11 is 1.13. The van der Waals surface area contributed by atoms with Gasteiger partial charge in [0.1, 0.15) is 21.3 Å². The molecular weight excluding hydrogens is 713 g/mol. The molecule has 11 nitrogen and oxygen atoms in total. The van der Waals surface area contributed by atoms with Crippen molar-refractivity contribution in [2.24, 2.45) is 0 Å². The van der Waals surface area contributed by atoms with Crippen LogP contribution in [0.15, 0.2) is 54.5 Å². The summed E-state index contributed by atoms with van der Waals surface area (Å²) in [5.41, 5.74) is 2.82. The van der Waals surface area contributed by atoms with E-state index in [4.69, 9.17) is 4.74 Å². The number of nitrogens with one attached hydrogen (secondary N) is 2. The van der Waals surface area contributed by atoms with Crippen LogP contribution in [0.1, 0.15) is 134 Å². The maximum absolute atomic E-state index is 13.6. The zero-order valence-electron chi connectivity index (χ0n) is 35.3. The minimum atomic E-state index is -0.687. The third-order valence-corrected chi connectivity index (χ3v) is 8.64. The minimum absolute atomic E-state index is 0.0580. The fourth-order valence-corrected chi connectivity index (χ4v) is 6.07. The Labute approximate surface area is 333 Å². The summed E-state index contributed by atoms with van der Waals surface area (Å²) < 4.78 is 5.51. The summed E-state index contributed by atoms with van der Waals surface area (Å²) in [5.74, 6) is -1.34. The molecule has 3 N–H and O–H groups in total. The highest BCUT2D eigenvalue weighted by Crippen LogP contribution is 2.36. The number of pyridine rings is 1. The molecule has 0 bridgehead atoms. The summed E-state index contributed by atoms with van der Waals surface area (Å²) in [6, 6.07) is 11.7. The molecule has 0 radical (unpaired) electrons. The zero-order valence-corrected chi connectivity index (χ0v) is 36.2. The quantitative estimate of drug-likeness (QED) is 0.0860. The molecule has 4 aromatic rings. The highest BCUT2D eigenvalue weighted by Gasteiger charge is 2.31. The third-order valence-electron chi connectivity index (χ3n) is 7.64. The first-order valence-corrected chi connectivity index (χ1v) is 20.3. The number of carbonyl (C=O) groups excluding carboxylic acids is 3. The Bertz CT molecular complexity index is 1810. The van der Waals surface area contributed by atoms with E-state index in [2.05, 4.69) is 40.2 Å². The number of methoxy groups -OCH3 is 1. The normalized spacial score (nSPS) is 11.5. The first kappa shape index (κ1) is 50.1. The van der Waals surface area contributed by atoms with Gasteiger partial charge in [0.05, 0.1) is 47.6 Å². The number of aliphatic hydroxyl groups excluding tert-OH is 1. The van der Waals surface area contributed by atoms with Crippen molar-refractivity contribution in [2.45, 2.75) is 114 Å². The summed E-state index contributed by atoms with van der Waals surface area (Å²) in [4.78, 5) is 53.6. The second kappa shape index (κ2) is 26.8. The number of fused-ring (bicyclic) bond motifs is 1. The number of thiazole rings is 1. The Morgan fingerprint density at radius 2 is 1.56 bits per heavy atom. The predicted molar refractivity (Wildman–Crippen MR) is 227 cm³/mol. The highest BCUT2D eigenvalue weighted by atomic mass is 32.1. The van der Waals surface area contributed by atoms with Gasteiger partial charge in [-0.15, -0.1) is 11.3 Å². The van der Waals surface area contributed by atoms with Crippen molar-refractivity contribution in [3.63, 3.8) is 0 Å². The van der Waals surface area contributed by atoms with Gasteiger partial charge in [0.25, 0.3) is 17.6 Å². The Hall–Kier alpha value is -4.86. The van der Waals surface area contributed by atoms with E-state index in [1.807, 2.05) is 99.6 Å². The molecule has 55 heavy (non-hydrogen) atoms. The molecule has 2 amide bonds. The Kier molecular flexibility index (Phi) is 24.5. The van der Waals surface area contributed by atoms with Gasteiger partial charge in [-0.3, -0.25) is 14.4 Å². The molecule has 0 saturated carbocycles. The standard InChI is InChI=1S/C32H32N6O5S.C3H8.4C2H6/c1-32(2,11-14-39)37-29(41)24-18-36-30(44-24)27-26-25(23(43-3)17-35-27)22(16-34-26)28(40)31(42)38-12-9-20(10-13-38)21(15-33)19-7-5-4-6-8-19;1-3-2;4*1-2/h4-8,16-18,34,39H,9-14H2,1-3H3,(H,37,41);3H2,1-2H3;4*1-2H3. The minimum Gasteiger partial charge on any atom is -0.494 e. The number of nitrogens with zero attached hydrogens (tertiary/aromatic N) is 4. The van der Waals surface area contributed by atoms with Crippen molar-refractivity contribution < 1.29 is 24.2 Å². The Morgan fingerprint density at radius 3 is 2.09 bits per heavy atom. The van der Waals surface area contributed by atoms with E-state index < -0.39 is 17.2 Å². The molecule has 1 saturated heterocycles. The number of aromatic nitrogens is 3. The monoisotopic (exact) mass is 776 g/mol. The lowest BCUT2D eigenvalue weighted by Crippen LogP contribution is -2.43. The first-order chi connectivity index (χ1) is 26.6. The number of rotatable bonds is 9. The third kappa shape index (κ3) is 13.7. The van der Waals surface area contributed by atoms with Crippen LogP contribution in [-0.2, 0) is 4.79 Å². The number of Topliss-reactive ketones (excluding diaryl/α,β-unsaturated/α-hetero) is 1. The van der Waals surface area contributed by atoms with Gasteiger partial charge in [0.15, 0.2) is 0 Å². The van der Waals surface area contributed by atoms with Gasteiger partial charge in [-0.05, 0) is 44.2 Å². The van der Waals surface area contributed by atoms with Crippen molar-refractivity contribution >= 4 is 45.4 Å². The molecule has 0 aliphatic carbocycles. The Morgan fingerprint density at radius 1 is 0.982 bits per heavy atom. The average Bonchev–Trinajstić information content (AvgIpc) is 3.90. The summed E-state index contributed by atoms with van der Waals surface area (Å²) in [7, 11) is 1.46. The summed E-state index contributed by atoms with van der Waals surface area (Å²) in [6.07, 6.45) is 7.03. The Balaban J connectivity index is 0.00000242. The molecule has 1 aliphatic heterocycles. The summed E-state index contributed by atoms with van der Waals surface area (Å²) in [6.45, 7) is 24.5. The second-order valence-corrected chi connectivity index (χ2v) is 12.8. The number of hydrogen-bond acceptors (Lipinski definition) is 9. The van der Waals surface area contributed by atoms with E-state index in [9.17, 15) is 24.8 Å². The first-order valence-electron chi connectivity index (χ1n) is 19.5. The SMILES string of the molecule is CC.CC.CC.CC.CCC.COc1cnc(-c2ncc(C(=O)NC(C)(C)CCO)s2)c2[nH]cc(C(=O)C(=O)N3CCC(=C(C#N)c4ccccc4)CC3)c12. The zero-order chi connectivity index (χ0) is 42.1. The number of allylic oxidation sites excluding steroid dienone is 1. The molecule has 12 heteroatoms. The van der Waals surface area contributed by atoms with Gasteiger partial charge >= 0.3 is 0 Å². The van der Waals surface area contributed by atoms with Gasteiger partial charge in [-0.1, -0.05) is 106 Å². The van der Waals surface area contributed by atoms with Gasteiger partial charge in [-0.2, -0.15) is 5.26 Å². The van der Waals surface area contributed by atoms with Crippen LogP contribution in [0, 0.1) is 11.3 Å². The smallest absolute Gasteiger partial charge is 0.295 e. The number of aromatic amines is 1. The lowest BCUT2D eigenvalue weighted by Gasteiger charge is -2.28. The molecule has 4 heterocycles. The topological polar surface area (TPSA) is 161 Å². The number of piperidine rings is 1. The van der Waals surface area contributed by atoms with Crippen LogP contribution in [-0.4, -0.2) is 74.9 Å². The lowest BCUT2D eigenvalue weighted by atomic mass is 9.93. The number of ketones is 1. The van der Waals surface area contributed by atoms with Gasteiger partial charge in [-0.25, -0.2) is 9.97 Å². The molecule has 1 aliphatic rings. The number of amides is 2. The number of likely N-dealkylation sites (tertiary alicyclic amines) is 1. The van der Waals surface area contributed by atoms with Crippen LogP contribution in [0.25, 0.3) is 27.2 Å². The number of carbonyl (C=O) groups is 3. The van der Waals surface area contributed by atoms with Crippen LogP contribution >= 0.6 is 11.3 Å². The van der Waals surface area contributed by atoms with Crippen LogP contribution in [0.5, 0.6) is 5.75 Å². The largest absolute Gasteiger partial charge is 0.494 e. The van der Waals surface area contributed by atoms with Gasteiger partial charge in [0, 0.05) is 31.4 Å². The number of ether oxygens (including phenoxy) is 1. The van der Waals surface area contributed by atoms with Crippen molar-refractivity contribution in [3.05, 3.63) is 70.5 Å². The molecule has 1 fully saturated rings. The number of hydrogen-bond donors (Lipinski definition) is 3. The van der Waals surface area contributed by atoms with E-state index in [1.165, 1.54) is 37.0 Å². The lowest BCUT2D eigenvalue weighted by molar-refractivity contribution is -0.126. The fourth-order valence-electron chi connectivity index (χ4n) is 5.25. The van der Waals surface area contributed by atoms with E-state index in [0.717, 1.165) is 22.5 Å². The van der Waals surface area contributed by atoms with Crippen molar-refractivity contribution in [1.29, 1.82) is 5.26 Å². The molecule has 0 atom stereocenters. The van der Waals surface area contributed by atoms with E-state index >= 15 is 0 Å². The van der Waals surface area contributed by atoms with Crippen molar-refractivity contribution in [2.75, 3.05) is 26.8 Å². The number of nitriles is 1.